The minimum Gasteiger partial charge on any atom is -0.396 e. The van der Waals surface area contributed by atoms with Crippen molar-refractivity contribution in [1.29, 1.82) is 0 Å². The van der Waals surface area contributed by atoms with E-state index in [2.05, 4.69) is 10.4 Å². The first kappa shape index (κ1) is 10.9. The average Bonchev–Trinajstić information content (AvgIpc) is 2.16. The van der Waals surface area contributed by atoms with Crippen molar-refractivity contribution in [3.8, 4) is 0 Å². The minimum absolute atomic E-state index is 0.286. The fourth-order valence-electron chi connectivity index (χ4n) is 1.77. The van der Waals surface area contributed by atoms with Crippen molar-refractivity contribution < 1.29 is 9.94 Å². The maximum atomic E-state index is 8.70. The molecule has 1 rings (SSSR count). The Labute approximate surface area is 79.8 Å². The number of hydrogen-bond donors (Lipinski definition) is 2. The van der Waals surface area contributed by atoms with Crippen LogP contribution >= 0.6 is 0 Å². The summed E-state index contributed by atoms with van der Waals surface area (Å²) in [5.74, 6) is 0. The van der Waals surface area contributed by atoms with Crippen molar-refractivity contribution in [2.75, 3.05) is 33.3 Å². The average molecular weight is 188 g/mol. The van der Waals surface area contributed by atoms with E-state index in [9.17, 15) is 0 Å². The highest BCUT2D eigenvalue weighted by Gasteiger charge is 2.19. The van der Waals surface area contributed by atoms with E-state index >= 15 is 0 Å². The van der Waals surface area contributed by atoms with Gasteiger partial charge < -0.3 is 10.0 Å². The highest BCUT2D eigenvalue weighted by Crippen LogP contribution is 2.12. The van der Waals surface area contributed by atoms with Crippen molar-refractivity contribution in [3.63, 3.8) is 0 Å². The molecule has 0 bridgehead atoms. The van der Waals surface area contributed by atoms with Crippen molar-refractivity contribution >= 4 is 0 Å². The van der Waals surface area contributed by atoms with E-state index in [1.807, 2.05) is 0 Å². The normalized spacial score (nSPS) is 24.9. The van der Waals surface area contributed by atoms with E-state index < -0.39 is 0 Å². The topological polar surface area (TPSA) is 44.7 Å². The molecule has 0 aromatic rings. The number of rotatable bonds is 5. The summed E-state index contributed by atoms with van der Waals surface area (Å²) < 4.78 is 0. The molecule has 1 aliphatic rings. The van der Waals surface area contributed by atoms with Crippen LogP contribution in [-0.2, 0) is 4.84 Å². The molecule has 4 heteroatoms. The predicted molar refractivity (Wildman–Crippen MR) is 51.3 cm³/mol. The van der Waals surface area contributed by atoms with Crippen molar-refractivity contribution in [3.05, 3.63) is 0 Å². The third-order valence-electron chi connectivity index (χ3n) is 2.38. The molecule has 0 saturated carbocycles. The Balaban J connectivity index is 2.16. The maximum absolute atomic E-state index is 8.70. The summed E-state index contributed by atoms with van der Waals surface area (Å²) >= 11 is 0. The van der Waals surface area contributed by atoms with Gasteiger partial charge in [-0.15, -0.1) is 0 Å². The van der Waals surface area contributed by atoms with Gasteiger partial charge in [0.2, 0.25) is 0 Å². The van der Waals surface area contributed by atoms with Crippen LogP contribution in [0.3, 0.4) is 0 Å². The fraction of sp³-hybridized carbons (Fsp3) is 1.00. The largest absolute Gasteiger partial charge is 0.396 e. The first-order valence-electron chi connectivity index (χ1n) is 5.02. The first-order valence-corrected chi connectivity index (χ1v) is 5.02. The summed E-state index contributed by atoms with van der Waals surface area (Å²) in [6.07, 6.45) is 3.51. The van der Waals surface area contributed by atoms with Gasteiger partial charge in [0.15, 0.2) is 0 Å². The van der Waals surface area contributed by atoms with Crippen LogP contribution < -0.4 is 5.48 Å². The molecule has 1 aliphatic heterocycles. The van der Waals surface area contributed by atoms with Crippen LogP contribution in [0.25, 0.3) is 0 Å². The van der Waals surface area contributed by atoms with Gasteiger partial charge in [-0.1, -0.05) is 0 Å². The lowest BCUT2D eigenvalue weighted by atomic mass is 10.1. The number of hydrogen-bond acceptors (Lipinski definition) is 4. The van der Waals surface area contributed by atoms with E-state index in [1.165, 1.54) is 6.42 Å². The van der Waals surface area contributed by atoms with Crippen LogP contribution in [0.2, 0.25) is 0 Å². The van der Waals surface area contributed by atoms with Crippen LogP contribution in [0.1, 0.15) is 19.3 Å². The quantitative estimate of drug-likeness (QED) is 0.595. The molecule has 1 saturated heterocycles. The SMILES string of the molecule is CNO[C@@H]1CCCN(CCCO)C1. The minimum atomic E-state index is 0.286. The Hall–Kier alpha value is -0.160. The standard InChI is InChI=1S/C9H20N2O2/c1-10-13-9-4-2-5-11(8-9)6-3-7-12/h9-10,12H,2-8H2,1H3/t9-/m1/s1. The lowest BCUT2D eigenvalue weighted by Crippen LogP contribution is -2.41. The molecule has 13 heavy (non-hydrogen) atoms. The number of hydroxylamine groups is 1. The molecule has 0 aromatic carbocycles. The van der Waals surface area contributed by atoms with Gasteiger partial charge in [0.1, 0.15) is 0 Å². The van der Waals surface area contributed by atoms with Crippen LogP contribution in [-0.4, -0.2) is 49.4 Å². The van der Waals surface area contributed by atoms with Gasteiger partial charge in [-0.3, -0.25) is 4.84 Å². The molecule has 0 aromatic heterocycles. The van der Waals surface area contributed by atoms with Crippen molar-refractivity contribution in [2.24, 2.45) is 0 Å². The molecular weight excluding hydrogens is 168 g/mol. The molecule has 0 amide bonds. The molecular formula is C9H20N2O2. The Morgan fingerprint density at radius 3 is 3.15 bits per heavy atom. The maximum Gasteiger partial charge on any atom is 0.0917 e. The van der Waals surface area contributed by atoms with Gasteiger partial charge in [-0.25, -0.2) is 5.48 Å². The van der Waals surface area contributed by atoms with Crippen molar-refractivity contribution in [2.45, 2.75) is 25.4 Å². The number of nitrogens with one attached hydrogen (secondary N) is 1. The van der Waals surface area contributed by atoms with Crippen LogP contribution in [0, 0.1) is 0 Å². The predicted octanol–water partition coefficient (Wildman–Crippen LogP) is -0.0158. The highest BCUT2D eigenvalue weighted by molar-refractivity contribution is 4.72. The summed E-state index contributed by atoms with van der Waals surface area (Å²) in [6.45, 7) is 3.40. The second-order valence-electron chi connectivity index (χ2n) is 3.46. The zero-order valence-electron chi connectivity index (χ0n) is 8.33. The van der Waals surface area contributed by atoms with Gasteiger partial charge in [-0.2, -0.15) is 0 Å². The number of likely N-dealkylation sites (tertiary alicyclic amines) is 1. The van der Waals surface area contributed by atoms with Crippen LogP contribution in [0.15, 0.2) is 0 Å². The fourth-order valence-corrected chi connectivity index (χ4v) is 1.77. The summed E-state index contributed by atoms with van der Waals surface area (Å²) in [7, 11) is 1.80. The highest BCUT2D eigenvalue weighted by atomic mass is 16.7. The van der Waals surface area contributed by atoms with Crippen molar-refractivity contribution in [1.82, 2.24) is 10.4 Å². The molecule has 78 valence electrons. The molecule has 4 nitrogen and oxygen atoms in total. The second kappa shape index (κ2) is 6.32. The Kier molecular flexibility index (Phi) is 5.31. The number of nitrogens with zero attached hydrogens (tertiary/aromatic N) is 1. The van der Waals surface area contributed by atoms with Gasteiger partial charge in [0.25, 0.3) is 0 Å². The van der Waals surface area contributed by atoms with Crippen LogP contribution in [0.5, 0.6) is 0 Å². The summed E-state index contributed by atoms with van der Waals surface area (Å²) in [6, 6.07) is 0. The Morgan fingerprint density at radius 1 is 1.62 bits per heavy atom. The van der Waals surface area contributed by atoms with E-state index in [1.54, 1.807) is 7.05 Å². The molecule has 1 heterocycles. The molecule has 1 fully saturated rings. The zero-order chi connectivity index (χ0) is 9.52. The van der Waals surface area contributed by atoms with E-state index in [0.717, 1.165) is 32.5 Å². The van der Waals surface area contributed by atoms with E-state index in [4.69, 9.17) is 9.94 Å². The summed E-state index contributed by atoms with van der Waals surface area (Å²) in [4.78, 5) is 7.69. The monoisotopic (exact) mass is 188 g/mol. The molecule has 0 unspecified atom stereocenters. The third-order valence-corrected chi connectivity index (χ3v) is 2.38. The summed E-state index contributed by atoms with van der Waals surface area (Å²) in [5.41, 5.74) is 2.74. The Morgan fingerprint density at radius 2 is 2.46 bits per heavy atom. The van der Waals surface area contributed by atoms with Gasteiger partial charge >= 0.3 is 0 Å². The number of aliphatic hydroxyl groups excluding tert-OH is 1. The first-order chi connectivity index (χ1) is 6.36. The van der Waals surface area contributed by atoms with Gasteiger partial charge in [0, 0.05) is 26.7 Å². The van der Waals surface area contributed by atoms with E-state index in [0.29, 0.717) is 6.10 Å². The van der Waals surface area contributed by atoms with Gasteiger partial charge in [0.05, 0.1) is 6.10 Å². The molecule has 2 N–H and O–H groups in total. The van der Waals surface area contributed by atoms with Crippen LogP contribution in [0.4, 0.5) is 0 Å². The van der Waals surface area contributed by atoms with E-state index in [-0.39, 0.29) is 6.61 Å². The second-order valence-corrected chi connectivity index (χ2v) is 3.46. The smallest absolute Gasteiger partial charge is 0.0917 e. The molecule has 0 radical (unpaired) electrons. The molecule has 0 aliphatic carbocycles. The lowest BCUT2D eigenvalue weighted by molar-refractivity contribution is -0.0496. The molecule has 1 atom stereocenters. The molecule has 0 spiro atoms. The lowest BCUT2D eigenvalue weighted by Gasteiger charge is -2.31. The third kappa shape index (κ3) is 4.04. The Bertz CT molecular complexity index is 131. The summed E-state index contributed by atoms with van der Waals surface area (Å²) in [5, 5.41) is 8.70. The number of piperidine rings is 1. The number of aliphatic hydroxyl groups is 1. The van der Waals surface area contributed by atoms with Gasteiger partial charge in [-0.05, 0) is 25.8 Å². The zero-order valence-corrected chi connectivity index (χ0v) is 8.33.